The molecule has 0 saturated carbocycles. The fourth-order valence-electron chi connectivity index (χ4n) is 1.71. The number of furan rings is 1. The van der Waals surface area contributed by atoms with E-state index in [1.165, 1.54) is 12.1 Å². The highest BCUT2D eigenvalue weighted by Crippen LogP contribution is 2.29. The van der Waals surface area contributed by atoms with Crippen molar-refractivity contribution in [1.82, 2.24) is 10.6 Å². The molecule has 0 atom stereocenters. The number of aromatic nitrogens is 1. The summed E-state index contributed by atoms with van der Waals surface area (Å²) in [6.45, 7) is 3.37. The van der Waals surface area contributed by atoms with Crippen LogP contribution in [0.1, 0.15) is 18.2 Å². The fourth-order valence-corrected chi connectivity index (χ4v) is 1.76. The van der Waals surface area contributed by atoms with Gasteiger partial charge in [-0.15, -0.1) is 0 Å². The van der Waals surface area contributed by atoms with Gasteiger partial charge in [-0.1, -0.05) is 5.16 Å². The van der Waals surface area contributed by atoms with Gasteiger partial charge >= 0.3 is 5.88 Å². The summed E-state index contributed by atoms with van der Waals surface area (Å²) in [6.07, 6.45) is 0. The molecule has 0 bridgehead atoms. The van der Waals surface area contributed by atoms with Gasteiger partial charge in [0.1, 0.15) is 10.7 Å². The Balaban J connectivity index is 2.44. The molecule has 0 aromatic carbocycles. The van der Waals surface area contributed by atoms with Gasteiger partial charge in [-0.05, 0) is 32.1 Å². The quantitative estimate of drug-likeness (QED) is 0.377. The van der Waals surface area contributed by atoms with Crippen LogP contribution in [-0.2, 0) is 0 Å². The molecule has 0 aliphatic heterocycles. The molecule has 2 rings (SSSR count). The van der Waals surface area contributed by atoms with Crippen molar-refractivity contribution in [2.75, 3.05) is 0 Å². The number of nitrogens with two attached hydrogens (primary N) is 1. The van der Waals surface area contributed by atoms with Crippen molar-refractivity contribution in [3.8, 4) is 11.5 Å². The first kappa shape index (κ1) is 14.7. The van der Waals surface area contributed by atoms with Gasteiger partial charge < -0.3 is 14.7 Å². The molecule has 0 amide bonds. The predicted octanol–water partition coefficient (Wildman–Crippen LogP) is 1.71. The average molecular weight is 309 g/mol. The minimum absolute atomic E-state index is 0.0126. The van der Waals surface area contributed by atoms with Crippen LogP contribution in [0.2, 0.25) is 0 Å². The fraction of sp³-hybridized carbons (Fsp3) is 0.182. The van der Waals surface area contributed by atoms with Gasteiger partial charge in [0, 0.05) is 0 Å². The summed E-state index contributed by atoms with van der Waals surface area (Å²) in [5, 5.41) is 18.5. The molecule has 0 spiro atoms. The van der Waals surface area contributed by atoms with E-state index >= 15 is 0 Å². The van der Waals surface area contributed by atoms with E-state index in [0.717, 1.165) is 0 Å². The number of thiocarbonyl (C=S) groups is 1. The zero-order valence-corrected chi connectivity index (χ0v) is 11.9. The predicted molar refractivity (Wildman–Crippen MR) is 77.7 cm³/mol. The van der Waals surface area contributed by atoms with Crippen molar-refractivity contribution in [3.05, 3.63) is 33.6 Å². The highest BCUT2D eigenvalue weighted by atomic mass is 32.1. The third-order valence-corrected chi connectivity index (χ3v) is 2.65. The summed E-state index contributed by atoms with van der Waals surface area (Å²) in [6, 6.07) is 2.68. The smallest absolute Gasteiger partial charge is 0.399 e. The minimum atomic E-state index is -0.633. The largest absolute Gasteiger partial charge is 0.433 e. The molecule has 2 aromatic rings. The number of hydrazone groups is 1. The van der Waals surface area contributed by atoms with E-state index in [2.05, 4.69) is 27.9 Å². The summed E-state index contributed by atoms with van der Waals surface area (Å²) in [7, 11) is 0. The number of hydrogen-bond acceptors (Lipinski definition) is 7. The van der Waals surface area contributed by atoms with Crippen LogP contribution in [0, 0.1) is 17.0 Å². The first-order valence-corrected chi connectivity index (χ1v) is 6.12. The van der Waals surface area contributed by atoms with Crippen LogP contribution in [-0.4, -0.2) is 20.9 Å². The van der Waals surface area contributed by atoms with Crippen LogP contribution < -0.4 is 11.2 Å². The second kappa shape index (κ2) is 5.71. The number of hydrogen-bond donors (Lipinski definition) is 2. The molecule has 2 aromatic heterocycles. The molecule has 21 heavy (non-hydrogen) atoms. The molecular weight excluding hydrogens is 298 g/mol. The van der Waals surface area contributed by atoms with E-state index in [4.69, 9.17) is 14.7 Å². The third-order valence-electron chi connectivity index (χ3n) is 2.56. The van der Waals surface area contributed by atoms with Gasteiger partial charge in [0.15, 0.2) is 16.6 Å². The van der Waals surface area contributed by atoms with E-state index < -0.39 is 4.92 Å². The summed E-state index contributed by atoms with van der Waals surface area (Å²) in [4.78, 5) is 10.0. The van der Waals surface area contributed by atoms with Crippen molar-refractivity contribution in [3.63, 3.8) is 0 Å². The lowest BCUT2D eigenvalue weighted by Crippen LogP contribution is -2.25. The monoisotopic (exact) mass is 309 g/mol. The topological polar surface area (TPSA) is 133 Å². The number of rotatable bonds is 4. The maximum atomic E-state index is 10.7. The molecule has 110 valence electrons. The van der Waals surface area contributed by atoms with Gasteiger partial charge in [0.25, 0.3) is 0 Å². The molecule has 0 aliphatic carbocycles. The molecule has 0 saturated heterocycles. The van der Waals surface area contributed by atoms with Crippen LogP contribution in [0.4, 0.5) is 5.88 Å². The van der Waals surface area contributed by atoms with E-state index in [1.54, 1.807) is 13.8 Å². The summed E-state index contributed by atoms with van der Waals surface area (Å²) < 4.78 is 10.2. The Morgan fingerprint density at radius 2 is 2.29 bits per heavy atom. The summed E-state index contributed by atoms with van der Waals surface area (Å²) >= 11 is 4.66. The second-order valence-electron chi connectivity index (χ2n) is 4.03. The maximum absolute atomic E-state index is 10.7. The first-order valence-electron chi connectivity index (χ1n) is 5.71. The van der Waals surface area contributed by atoms with E-state index in [-0.39, 0.29) is 16.8 Å². The van der Waals surface area contributed by atoms with Gasteiger partial charge in [-0.3, -0.25) is 15.5 Å². The lowest BCUT2D eigenvalue weighted by molar-refractivity contribution is -0.401. The summed E-state index contributed by atoms with van der Waals surface area (Å²) in [5.74, 6) is 0.306. The normalized spacial score (nSPS) is 11.4. The van der Waals surface area contributed by atoms with Gasteiger partial charge in [-0.2, -0.15) is 5.10 Å². The lowest BCUT2D eigenvalue weighted by Gasteiger charge is -2.01. The van der Waals surface area contributed by atoms with Crippen LogP contribution in [0.15, 0.2) is 26.2 Å². The molecule has 0 aliphatic rings. The Morgan fingerprint density at radius 1 is 1.57 bits per heavy atom. The zero-order chi connectivity index (χ0) is 15.6. The van der Waals surface area contributed by atoms with Crippen LogP contribution in [0.5, 0.6) is 0 Å². The molecule has 0 radical (unpaired) electrons. The molecule has 9 nitrogen and oxygen atoms in total. The first-order chi connectivity index (χ1) is 9.90. The number of nitrogens with one attached hydrogen (secondary N) is 1. The van der Waals surface area contributed by atoms with Crippen molar-refractivity contribution in [2.45, 2.75) is 13.8 Å². The van der Waals surface area contributed by atoms with Gasteiger partial charge in [0.2, 0.25) is 0 Å². The van der Waals surface area contributed by atoms with Crippen LogP contribution in [0.25, 0.3) is 11.5 Å². The second-order valence-corrected chi connectivity index (χ2v) is 4.47. The van der Waals surface area contributed by atoms with E-state index in [1.807, 2.05) is 0 Å². The Hall–Kier alpha value is -2.75. The van der Waals surface area contributed by atoms with Crippen LogP contribution in [0.3, 0.4) is 0 Å². The average Bonchev–Trinajstić information content (AvgIpc) is 3.02. The minimum Gasteiger partial charge on any atom is -0.399 e. The van der Waals surface area contributed by atoms with Gasteiger partial charge in [0.05, 0.1) is 17.3 Å². The molecule has 0 fully saturated rings. The van der Waals surface area contributed by atoms with Crippen molar-refractivity contribution in [1.29, 1.82) is 0 Å². The van der Waals surface area contributed by atoms with Crippen molar-refractivity contribution < 1.29 is 13.9 Å². The molecule has 2 heterocycles. The van der Waals surface area contributed by atoms with Crippen molar-refractivity contribution in [2.24, 2.45) is 10.8 Å². The standard InChI is InChI=1S/C11H11N5O4S/c1-5(13-14-11(12)21)9-6(2)20-15-10(9)7-3-4-8(19-7)16(17)18/h3-4H,1-2H3,(H3,12,14,21)/b13-5+. The highest BCUT2D eigenvalue weighted by molar-refractivity contribution is 7.80. The lowest BCUT2D eigenvalue weighted by atomic mass is 10.1. The summed E-state index contributed by atoms with van der Waals surface area (Å²) in [5.41, 5.74) is 9.10. The van der Waals surface area contributed by atoms with E-state index in [0.29, 0.717) is 22.7 Å². The SMILES string of the molecule is C/C(=N\NC(N)=S)c1c(-c2ccc([N+](=O)[O-])o2)noc1C. The van der Waals surface area contributed by atoms with E-state index in [9.17, 15) is 10.1 Å². The number of aryl methyl sites for hydroxylation is 1. The Kier molecular flexibility index (Phi) is 3.98. The number of nitrogens with zero attached hydrogens (tertiary/aromatic N) is 3. The van der Waals surface area contributed by atoms with Crippen molar-refractivity contribution >= 4 is 28.9 Å². The molecule has 10 heteroatoms. The molecule has 0 unspecified atom stereocenters. The van der Waals surface area contributed by atoms with Gasteiger partial charge in [-0.25, -0.2) is 0 Å². The Bertz CT molecular complexity index is 733. The zero-order valence-electron chi connectivity index (χ0n) is 11.1. The highest BCUT2D eigenvalue weighted by Gasteiger charge is 2.22. The van der Waals surface area contributed by atoms with Crippen LogP contribution >= 0.6 is 12.2 Å². The Labute approximate surface area is 123 Å². The number of nitro groups is 1. The Morgan fingerprint density at radius 3 is 2.86 bits per heavy atom. The third kappa shape index (κ3) is 3.05. The molecule has 3 N–H and O–H groups in total. The maximum Gasteiger partial charge on any atom is 0.433 e. The molecular formula is C11H11N5O4S.